The van der Waals surface area contributed by atoms with Gasteiger partial charge in [0.2, 0.25) is 0 Å². The second-order valence-electron chi connectivity index (χ2n) is 7.61. The average Bonchev–Trinajstić information content (AvgIpc) is 2.91. The molecule has 0 atom stereocenters. The molecule has 0 bridgehead atoms. The van der Waals surface area contributed by atoms with Gasteiger partial charge in [-0.2, -0.15) is 0 Å². The summed E-state index contributed by atoms with van der Waals surface area (Å²) in [6.07, 6.45) is 6.38. The molecule has 0 saturated heterocycles. The Hall–Kier alpha value is -1.35. The van der Waals surface area contributed by atoms with E-state index in [1.54, 1.807) is 0 Å². The summed E-state index contributed by atoms with van der Waals surface area (Å²) >= 11 is 0. The maximum atomic E-state index is 6.16. The molecule has 1 aromatic carbocycles. The summed E-state index contributed by atoms with van der Waals surface area (Å²) in [5, 5.41) is 0. The van der Waals surface area contributed by atoms with Gasteiger partial charge in [-0.1, -0.05) is 46.1 Å². The molecule has 1 aromatic heterocycles. The van der Waals surface area contributed by atoms with Crippen LogP contribution in [-0.4, -0.2) is 16.5 Å². The fourth-order valence-electron chi connectivity index (χ4n) is 3.53. The third-order valence-corrected chi connectivity index (χ3v) is 5.01. The average molecular weight is 285 g/mol. The van der Waals surface area contributed by atoms with Gasteiger partial charge in [-0.15, -0.1) is 0 Å². The number of aromatic nitrogens is 2. The number of hydrogen-bond donors (Lipinski definition) is 2. The van der Waals surface area contributed by atoms with Crippen molar-refractivity contribution in [1.82, 2.24) is 9.97 Å². The number of nitrogens with zero attached hydrogens (tertiary/aromatic N) is 1. The molecule has 3 heteroatoms. The quantitative estimate of drug-likeness (QED) is 0.875. The minimum Gasteiger partial charge on any atom is -0.342 e. The lowest BCUT2D eigenvalue weighted by atomic mass is 9.69. The van der Waals surface area contributed by atoms with Crippen LogP contribution >= 0.6 is 0 Å². The van der Waals surface area contributed by atoms with Crippen LogP contribution in [0.5, 0.6) is 0 Å². The number of benzene rings is 1. The Kier molecular flexibility index (Phi) is 3.56. The van der Waals surface area contributed by atoms with Gasteiger partial charge in [-0.25, -0.2) is 4.98 Å². The molecular weight excluding hydrogens is 258 g/mol. The first kappa shape index (κ1) is 14.6. The second-order valence-corrected chi connectivity index (χ2v) is 7.61. The Morgan fingerprint density at radius 3 is 2.52 bits per heavy atom. The van der Waals surface area contributed by atoms with Crippen molar-refractivity contribution >= 4 is 11.0 Å². The first-order valence-electron chi connectivity index (χ1n) is 8.15. The van der Waals surface area contributed by atoms with Gasteiger partial charge in [-0.05, 0) is 30.5 Å². The normalized spacial score (nSPS) is 19.0. The molecule has 2 aromatic rings. The van der Waals surface area contributed by atoms with E-state index >= 15 is 0 Å². The highest BCUT2D eigenvalue weighted by Gasteiger charge is 2.32. The van der Waals surface area contributed by atoms with Gasteiger partial charge in [0.25, 0.3) is 0 Å². The van der Waals surface area contributed by atoms with Crippen molar-refractivity contribution in [3.63, 3.8) is 0 Å². The summed E-state index contributed by atoms with van der Waals surface area (Å²) in [6, 6.07) is 6.69. The van der Waals surface area contributed by atoms with Crippen LogP contribution in [0.25, 0.3) is 11.0 Å². The molecule has 0 aliphatic heterocycles. The lowest BCUT2D eigenvalue weighted by Crippen LogP contribution is -2.37. The molecule has 0 radical (unpaired) electrons. The monoisotopic (exact) mass is 285 g/mol. The largest absolute Gasteiger partial charge is 0.342 e. The molecule has 3 N–H and O–H groups in total. The third kappa shape index (κ3) is 2.59. The molecule has 0 unspecified atom stereocenters. The molecule has 3 nitrogen and oxygen atoms in total. The van der Waals surface area contributed by atoms with Crippen molar-refractivity contribution in [2.24, 2.45) is 5.73 Å². The fourth-order valence-corrected chi connectivity index (χ4v) is 3.53. The van der Waals surface area contributed by atoms with Crippen LogP contribution in [0.1, 0.15) is 64.3 Å². The van der Waals surface area contributed by atoms with Gasteiger partial charge >= 0.3 is 0 Å². The summed E-state index contributed by atoms with van der Waals surface area (Å²) in [6.45, 7) is 7.31. The molecule has 21 heavy (non-hydrogen) atoms. The number of aromatic amines is 1. The van der Waals surface area contributed by atoms with E-state index in [0.29, 0.717) is 0 Å². The van der Waals surface area contributed by atoms with Crippen LogP contribution in [-0.2, 0) is 10.8 Å². The Bertz CT molecular complexity index is 627. The fraction of sp³-hybridized carbons (Fsp3) is 0.611. The van der Waals surface area contributed by atoms with Crippen molar-refractivity contribution in [2.45, 2.75) is 63.7 Å². The summed E-state index contributed by atoms with van der Waals surface area (Å²) in [5.74, 6) is 1.06. The molecule has 3 rings (SSSR count). The Morgan fingerprint density at radius 1 is 1.19 bits per heavy atom. The van der Waals surface area contributed by atoms with E-state index in [0.717, 1.165) is 23.4 Å². The zero-order valence-corrected chi connectivity index (χ0v) is 13.5. The Labute approximate surface area is 127 Å². The predicted molar refractivity (Wildman–Crippen MR) is 88.6 cm³/mol. The second kappa shape index (κ2) is 5.13. The van der Waals surface area contributed by atoms with Gasteiger partial charge < -0.3 is 10.7 Å². The first-order chi connectivity index (χ1) is 9.94. The van der Waals surface area contributed by atoms with Gasteiger partial charge in [0.05, 0.1) is 11.0 Å². The van der Waals surface area contributed by atoms with Crippen molar-refractivity contribution < 1.29 is 0 Å². The minimum atomic E-state index is 0.0512. The van der Waals surface area contributed by atoms with E-state index in [1.165, 1.54) is 37.7 Å². The maximum Gasteiger partial charge on any atom is 0.112 e. The molecule has 1 fully saturated rings. The van der Waals surface area contributed by atoms with Gasteiger partial charge in [0.15, 0.2) is 0 Å². The van der Waals surface area contributed by atoms with Crippen molar-refractivity contribution in [2.75, 3.05) is 6.54 Å². The van der Waals surface area contributed by atoms with Gasteiger partial charge in [0.1, 0.15) is 5.82 Å². The molecule has 1 saturated carbocycles. The topological polar surface area (TPSA) is 54.7 Å². The Balaban J connectivity index is 2.04. The highest BCUT2D eigenvalue weighted by molar-refractivity contribution is 5.76. The number of hydrogen-bond acceptors (Lipinski definition) is 2. The number of fused-ring (bicyclic) bond motifs is 1. The number of nitrogens with one attached hydrogen (secondary N) is 1. The van der Waals surface area contributed by atoms with E-state index in [2.05, 4.69) is 44.0 Å². The van der Waals surface area contributed by atoms with Crippen LogP contribution in [0.3, 0.4) is 0 Å². The smallest absolute Gasteiger partial charge is 0.112 e. The SMILES string of the molecule is CC(C)(C)c1nc2ccc(C3(CN)CCCCC3)cc2[nH]1. The molecule has 0 spiro atoms. The molecule has 114 valence electrons. The van der Waals surface area contributed by atoms with Crippen molar-refractivity contribution in [3.8, 4) is 0 Å². The molecular formula is C18H27N3. The molecule has 0 amide bonds. The number of nitrogens with two attached hydrogens (primary N) is 1. The van der Waals surface area contributed by atoms with E-state index in [4.69, 9.17) is 10.7 Å². The third-order valence-electron chi connectivity index (χ3n) is 5.01. The number of imidazole rings is 1. The molecule has 1 heterocycles. The van der Waals surface area contributed by atoms with E-state index in [1.807, 2.05) is 0 Å². The van der Waals surface area contributed by atoms with E-state index in [-0.39, 0.29) is 10.8 Å². The summed E-state index contributed by atoms with van der Waals surface area (Å²) in [5.41, 5.74) is 9.99. The minimum absolute atomic E-state index is 0.0512. The van der Waals surface area contributed by atoms with Crippen LogP contribution in [0, 0.1) is 0 Å². The maximum absolute atomic E-state index is 6.16. The lowest BCUT2D eigenvalue weighted by Gasteiger charge is -2.36. The van der Waals surface area contributed by atoms with Crippen LogP contribution in [0.15, 0.2) is 18.2 Å². The molecule has 1 aliphatic rings. The standard InChI is InChI=1S/C18H27N3/c1-17(2,3)16-20-14-8-7-13(11-15(14)21-16)18(12-19)9-5-4-6-10-18/h7-8,11H,4-6,9-10,12,19H2,1-3H3,(H,20,21). The summed E-state index contributed by atoms with van der Waals surface area (Å²) in [4.78, 5) is 8.24. The van der Waals surface area contributed by atoms with Crippen molar-refractivity contribution in [1.29, 1.82) is 0 Å². The zero-order valence-electron chi connectivity index (χ0n) is 13.5. The van der Waals surface area contributed by atoms with Gasteiger partial charge in [0, 0.05) is 17.4 Å². The first-order valence-corrected chi connectivity index (χ1v) is 8.15. The lowest BCUT2D eigenvalue weighted by molar-refractivity contribution is 0.301. The van der Waals surface area contributed by atoms with Crippen LogP contribution in [0.2, 0.25) is 0 Å². The summed E-state index contributed by atoms with van der Waals surface area (Å²) in [7, 11) is 0. The highest BCUT2D eigenvalue weighted by Crippen LogP contribution is 2.39. The highest BCUT2D eigenvalue weighted by atomic mass is 14.9. The van der Waals surface area contributed by atoms with Crippen molar-refractivity contribution in [3.05, 3.63) is 29.6 Å². The van der Waals surface area contributed by atoms with Crippen LogP contribution in [0.4, 0.5) is 0 Å². The molecule has 1 aliphatic carbocycles. The zero-order chi connectivity index (χ0) is 15.1. The number of H-pyrrole nitrogens is 1. The van der Waals surface area contributed by atoms with E-state index in [9.17, 15) is 0 Å². The Morgan fingerprint density at radius 2 is 1.90 bits per heavy atom. The van der Waals surface area contributed by atoms with Gasteiger partial charge in [-0.3, -0.25) is 0 Å². The number of rotatable bonds is 2. The predicted octanol–water partition coefficient (Wildman–Crippen LogP) is 4.02. The van der Waals surface area contributed by atoms with Crippen LogP contribution < -0.4 is 5.73 Å². The summed E-state index contributed by atoms with van der Waals surface area (Å²) < 4.78 is 0. The van der Waals surface area contributed by atoms with E-state index < -0.39 is 0 Å².